The molecule has 0 radical (unpaired) electrons. The first-order valence-corrected chi connectivity index (χ1v) is 8.47. The molecule has 7 nitrogen and oxygen atoms in total. The Labute approximate surface area is 145 Å². The Kier molecular flexibility index (Phi) is 5.45. The lowest BCUT2D eigenvalue weighted by atomic mass is 9.75. The Morgan fingerprint density at radius 3 is 2.60 bits per heavy atom. The molecule has 0 aromatic carbocycles. The average molecular weight is 348 g/mol. The smallest absolute Gasteiger partial charge is 0.326 e. The zero-order valence-electron chi connectivity index (χ0n) is 14.8. The van der Waals surface area contributed by atoms with E-state index in [-0.39, 0.29) is 23.2 Å². The van der Waals surface area contributed by atoms with Crippen LogP contribution in [0.15, 0.2) is 10.9 Å². The molecule has 0 saturated heterocycles. The zero-order valence-corrected chi connectivity index (χ0v) is 14.8. The van der Waals surface area contributed by atoms with Crippen LogP contribution in [-0.4, -0.2) is 33.8 Å². The molecule has 25 heavy (non-hydrogen) atoms. The third kappa shape index (κ3) is 4.35. The van der Waals surface area contributed by atoms with Gasteiger partial charge in [0.15, 0.2) is 5.78 Å². The molecule has 0 fully saturated rings. The molecular weight excluding hydrogens is 324 g/mol. The highest BCUT2D eigenvalue weighted by atomic mass is 16.4. The summed E-state index contributed by atoms with van der Waals surface area (Å²) < 4.78 is 0. The minimum atomic E-state index is -1.14. The summed E-state index contributed by atoms with van der Waals surface area (Å²) in [5, 5.41) is 11.6. The SMILES string of the molecule is CCCC[C@H](NC(=O)c1cc2c([nH]c1=O)CC(C)(C)CC2=O)C(=O)O. The van der Waals surface area contributed by atoms with Gasteiger partial charge in [0.2, 0.25) is 0 Å². The van der Waals surface area contributed by atoms with Crippen molar-refractivity contribution in [3.05, 3.63) is 33.2 Å². The van der Waals surface area contributed by atoms with Crippen molar-refractivity contribution in [2.24, 2.45) is 5.41 Å². The Balaban J connectivity index is 2.29. The number of rotatable bonds is 6. The second kappa shape index (κ2) is 7.21. The van der Waals surface area contributed by atoms with Crippen molar-refractivity contribution in [1.29, 1.82) is 0 Å². The second-order valence-electron chi connectivity index (χ2n) is 7.35. The van der Waals surface area contributed by atoms with Crippen molar-refractivity contribution in [2.45, 2.75) is 58.9 Å². The zero-order chi connectivity index (χ0) is 18.8. The van der Waals surface area contributed by atoms with Gasteiger partial charge in [0, 0.05) is 17.7 Å². The molecule has 0 spiro atoms. The molecule has 0 unspecified atom stereocenters. The van der Waals surface area contributed by atoms with Gasteiger partial charge in [-0.1, -0.05) is 33.6 Å². The van der Waals surface area contributed by atoms with Crippen molar-refractivity contribution < 1.29 is 19.5 Å². The van der Waals surface area contributed by atoms with Crippen molar-refractivity contribution in [1.82, 2.24) is 10.3 Å². The number of carbonyl (C=O) groups is 3. The summed E-state index contributed by atoms with van der Waals surface area (Å²) in [6.45, 7) is 5.80. The Bertz CT molecular complexity index is 763. The first kappa shape index (κ1) is 18.9. The minimum absolute atomic E-state index is 0.127. The summed E-state index contributed by atoms with van der Waals surface area (Å²) in [5.41, 5.74) is -0.213. The van der Waals surface area contributed by atoms with Gasteiger partial charge in [-0.15, -0.1) is 0 Å². The van der Waals surface area contributed by atoms with Gasteiger partial charge in [0.05, 0.1) is 0 Å². The fourth-order valence-corrected chi connectivity index (χ4v) is 3.10. The highest BCUT2D eigenvalue weighted by Crippen LogP contribution is 2.33. The molecule has 3 N–H and O–H groups in total. The van der Waals surface area contributed by atoms with Crippen LogP contribution in [0, 0.1) is 5.41 Å². The number of fused-ring (bicyclic) bond motifs is 1. The lowest BCUT2D eigenvalue weighted by Gasteiger charge is -2.29. The van der Waals surface area contributed by atoms with E-state index < -0.39 is 23.5 Å². The van der Waals surface area contributed by atoms with Crippen LogP contribution < -0.4 is 10.9 Å². The van der Waals surface area contributed by atoms with Gasteiger partial charge in [0.25, 0.3) is 11.5 Å². The fourth-order valence-electron chi connectivity index (χ4n) is 3.10. The number of amides is 1. The van der Waals surface area contributed by atoms with E-state index in [2.05, 4.69) is 10.3 Å². The Hall–Kier alpha value is -2.44. The summed E-state index contributed by atoms with van der Waals surface area (Å²) in [5.74, 6) is -2.04. The quantitative estimate of drug-likeness (QED) is 0.726. The summed E-state index contributed by atoms with van der Waals surface area (Å²) in [7, 11) is 0. The number of carboxylic acid groups (broad SMARTS) is 1. The normalized spacial score (nSPS) is 16.8. The van der Waals surface area contributed by atoms with Gasteiger partial charge >= 0.3 is 5.97 Å². The molecule has 0 saturated carbocycles. The summed E-state index contributed by atoms with van der Waals surface area (Å²) in [4.78, 5) is 50.8. The number of pyridine rings is 1. The lowest BCUT2D eigenvalue weighted by molar-refractivity contribution is -0.139. The van der Waals surface area contributed by atoms with E-state index in [0.717, 1.165) is 6.42 Å². The molecule has 2 rings (SSSR count). The number of nitrogens with one attached hydrogen (secondary N) is 2. The largest absolute Gasteiger partial charge is 0.480 e. The maximum absolute atomic E-state index is 12.4. The van der Waals surface area contributed by atoms with Crippen LogP contribution in [0.4, 0.5) is 0 Å². The topological polar surface area (TPSA) is 116 Å². The van der Waals surface area contributed by atoms with Crippen molar-refractivity contribution in [3.8, 4) is 0 Å². The fraction of sp³-hybridized carbons (Fsp3) is 0.556. The number of hydrogen-bond donors (Lipinski definition) is 3. The molecule has 1 aromatic rings. The molecule has 1 aliphatic rings. The maximum Gasteiger partial charge on any atom is 0.326 e. The number of H-pyrrole nitrogens is 1. The second-order valence-corrected chi connectivity index (χ2v) is 7.35. The molecule has 0 bridgehead atoms. The van der Waals surface area contributed by atoms with Crippen LogP contribution in [-0.2, 0) is 11.2 Å². The summed E-state index contributed by atoms with van der Waals surface area (Å²) in [6, 6.07) is 0.234. The first-order chi connectivity index (χ1) is 11.6. The van der Waals surface area contributed by atoms with Crippen LogP contribution in [0.25, 0.3) is 0 Å². The highest BCUT2D eigenvalue weighted by Gasteiger charge is 2.33. The number of aromatic nitrogens is 1. The maximum atomic E-state index is 12.4. The van der Waals surface area contributed by atoms with E-state index >= 15 is 0 Å². The number of Topliss-reactive ketones (excluding diaryl/α,β-unsaturated/α-hetero) is 1. The van der Waals surface area contributed by atoms with E-state index in [9.17, 15) is 24.3 Å². The molecule has 0 aliphatic heterocycles. The van der Waals surface area contributed by atoms with Crippen molar-refractivity contribution in [3.63, 3.8) is 0 Å². The van der Waals surface area contributed by atoms with E-state index in [0.29, 0.717) is 30.5 Å². The number of hydrogen-bond acceptors (Lipinski definition) is 4. The van der Waals surface area contributed by atoms with Crippen molar-refractivity contribution >= 4 is 17.7 Å². The standard InChI is InChI=1S/C18H24N2O5/c1-4-5-6-12(17(24)25)19-15(22)11-7-10-13(20-16(11)23)8-18(2,3)9-14(10)21/h7,12H,4-6,8-9H2,1-3H3,(H,19,22)(H,20,23)(H,24,25)/t12-/m0/s1. The third-order valence-corrected chi connectivity index (χ3v) is 4.41. The van der Waals surface area contributed by atoms with Gasteiger partial charge in [-0.25, -0.2) is 4.79 Å². The molecule has 1 aromatic heterocycles. The van der Waals surface area contributed by atoms with Crippen LogP contribution >= 0.6 is 0 Å². The lowest BCUT2D eigenvalue weighted by Crippen LogP contribution is -2.43. The number of aliphatic carboxylic acids is 1. The predicted octanol–water partition coefficient (Wildman–Crippen LogP) is 1.90. The molecule has 7 heteroatoms. The first-order valence-electron chi connectivity index (χ1n) is 8.47. The summed E-state index contributed by atoms with van der Waals surface area (Å²) >= 11 is 0. The molecular formula is C18H24N2O5. The predicted molar refractivity (Wildman–Crippen MR) is 91.9 cm³/mol. The molecule has 1 amide bonds. The Morgan fingerprint density at radius 2 is 2.00 bits per heavy atom. The van der Waals surface area contributed by atoms with Gasteiger partial charge in [-0.2, -0.15) is 0 Å². The molecule has 1 heterocycles. The van der Waals surface area contributed by atoms with Crippen LogP contribution in [0.2, 0.25) is 0 Å². The molecule has 1 atom stereocenters. The number of carboxylic acids is 1. The van der Waals surface area contributed by atoms with E-state index in [1.807, 2.05) is 20.8 Å². The van der Waals surface area contributed by atoms with Gasteiger partial charge in [-0.3, -0.25) is 14.4 Å². The van der Waals surface area contributed by atoms with Gasteiger partial charge < -0.3 is 15.4 Å². The number of unbranched alkanes of at least 4 members (excludes halogenated alkanes) is 1. The average Bonchev–Trinajstić information content (AvgIpc) is 2.49. The van der Waals surface area contributed by atoms with Gasteiger partial charge in [-0.05, 0) is 24.3 Å². The van der Waals surface area contributed by atoms with Crippen LogP contribution in [0.1, 0.15) is 72.9 Å². The Morgan fingerprint density at radius 1 is 1.32 bits per heavy atom. The number of ketones is 1. The van der Waals surface area contributed by atoms with E-state index in [1.54, 1.807) is 0 Å². The minimum Gasteiger partial charge on any atom is -0.480 e. The monoisotopic (exact) mass is 348 g/mol. The van der Waals surface area contributed by atoms with Crippen LogP contribution in [0.5, 0.6) is 0 Å². The number of carbonyl (C=O) groups excluding carboxylic acids is 2. The van der Waals surface area contributed by atoms with E-state index in [1.165, 1.54) is 6.07 Å². The third-order valence-electron chi connectivity index (χ3n) is 4.41. The summed E-state index contributed by atoms with van der Waals surface area (Å²) in [6.07, 6.45) is 2.60. The van der Waals surface area contributed by atoms with E-state index in [4.69, 9.17) is 0 Å². The van der Waals surface area contributed by atoms with Gasteiger partial charge in [0.1, 0.15) is 11.6 Å². The number of aromatic amines is 1. The van der Waals surface area contributed by atoms with Crippen molar-refractivity contribution in [2.75, 3.05) is 0 Å². The highest BCUT2D eigenvalue weighted by molar-refractivity contribution is 6.02. The molecule has 136 valence electrons. The van der Waals surface area contributed by atoms with Crippen LogP contribution in [0.3, 0.4) is 0 Å². The molecule has 1 aliphatic carbocycles.